The first-order valence-electron chi connectivity index (χ1n) is 5.18. The largest absolute Gasteiger partial charge is 0.469 e. The number of esters is 1. The van der Waals surface area contributed by atoms with Gasteiger partial charge < -0.3 is 10.5 Å². The quantitative estimate of drug-likeness (QED) is 0.720. The molecule has 90 valence electrons. The number of ether oxygens (including phenoxy) is 1. The van der Waals surface area contributed by atoms with Gasteiger partial charge in [-0.1, -0.05) is 0 Å². The molecule has 0 fully saturated rings. The molecule has 7 heteroatoms. The number of nitrogens with two attached hydrogens (primary N) is 1. The Labute approximate surface area is 97.4 Å². The maximum absolute atomic E-state index is 11.2. The Hall–Kier alpha value is -2.02. The number of nitrogens with one attached hydrogen (secondary N) is 1. The van der Waals surface area contributed by atoms with E-state index in [0.717, 1.165) is 5.56 Å². The Morgan fingerprint density at radius 1 is 1.59 bits per heavy atom. The number of nitrogens with zero attached hydrogens (tertiary/aromatic N) is 3. The Morgan fingerprint density at radius 3 is 3.12 bits per heavy atom. The fraction of sp³-hybridized carbons (Fsp3) is 0.400. The average Bonchev–Trinajstić information content (AvgIpc) is 2.82. The number of carbonyl (C=O) groups excluding carboxylic acids is 1. The van der Waals surface area contributed by atoms with E-state index in [1.165, 1.54) is 7.11 Å². The van der Waals surface area contributed by atoms with Crippen molar-refractivity contribution in [3.63, 3.8) is 0 Å². The lowest BCUT2D eigenvalue weighted by atomic mass is 9.97. The summed E-state index contributed by atoms with van der Waals surface area (Å²) in [5.74, 6) is -0.406. The number of carbonyl (C=O) groups is 1. The van der Waals surface area contributed by atoms with Gasteiger partial charge in [-0.25, -0.2) is 4.98 Å². The molecule has 0 spiro atoms. The van der Waals surface area contributed by atoms with Crippen molar-refractivity contribution in [2.45, 2.75) is 12.3 Å². The van der Waals surface area contributed by atoms with E-state index in [2.05, 4.69) is 25.1 Å². The summed E-state index contributed by atoms with van der Waals surface area (Å²) in [4.78, 5) is 15.4. The smallest absolute Gasteiger partial charge is 0.306 e. The predicted molar refractivity (Wildman–Crippen MR) is 60.1 cm³/mol. The van der Waals surface area contributed by atoms with Gasteiger partial charge in [-0.2, -0.15) is 10.3 Å². The second kappa shape index (κ2) is 4.88. The number of hydrogen-bond acceptors (Lipinski definition) is 6. The maximum Gasteiger partial charge on any atom is 0.306 e. The van der Waals surface area contributed by atoms with Crippen LogP contribution in [0.15, 0.2) is 12.3 Å². The maximum atomic E-state index is 11.2. The molecule has 0 amide bonds. The summed E-state index contributed by atoms with van der Waals surface area (Å²) >= 11 is 0. The molecule has 2 heterocycles. The molecular weight excluding hydrogens is 222 g/mol. The van der Waals surface area contributed by atoms with Crippen LogP contribution in [-0.2, 0) is 9.53 Å². The van der Waals surface area contributed by atoms with Gasteiger partial charge in [-0.05, 0) is 18.2 Å². The number of hydrogen-bond donors (Lipinski definition) is 2. The average molecular weight is 235 g/mol. The number of methoxy groups -OCH3 is 1. The highest BCUT2D eigenvalue weighted by molar-refractivity contribution is 5.72. The van der Waals surface area contributed by atoms with Crippen LogP contribution >= 0.6 is 0 Å². The molecule has 0 saturated carbocycles. The lowest BCUT2D eigenvalue weighted by Gasteiger charge is -2.12. The second-order valence-corrected chi connectivity index (χ2v) is 3.65. The molecule has 0 aliphatic carbocycles. The van der Waals surface area contributed by atoms with Crippen molar-refractivity contribution in [3.05, 3.63) is 17.8 Å². The van der Waals surface area contributed by atoms with Crippen LogP contribution in [0.1, 0.15) is 17.9 Å². The summed E-state index contributed by atoms with van der Waals surface area (Å²) in [5.41, 5.74) is 7.71. The summed E-state index contributed by atoms with van der Waals surface area (Å²) in [6, 6.07) is 1.83. The van der Waals surface area contributed by atoms with Gasteiger partial charge in [0.1, 0.15) is 5.52 Å². The van der Waals surface area contributed by atoms with Crippen LogP contribution in [0.5, 0.6) is 0 Å². The molecule has 2 rings (SSSR count). The molecule has 0 radical (unpaired) electrons. The van der Waals surface area contributed by atoms with Gasteiger partial charge in [0.2, 0.25) is 5.65 Å². The van der Waals surface area contributed by atoms with Crippen molar-refractivity contribution < 1.29 is 9.53 Å². The molecule has 0 aliphatic rings. The summed E-state index contributed by atoms with van der Waals surface area (Å²) < 4.78 is 4.63. The van der Waals surface area contributed by atoms with Crippen LogP contribution < -0.4 is 5.73 Å². The van der Waals surface area contributed by atoms with E-state index < -0.39 is 0 Å². The highest BCUT2D eigenvalue weighted by atomic mass is 16.5. The molecule has 0 bridgehead atoms. The molecule has 0 saturated heterocycles. The molecule has 17 heavy (non-hydrogen) atoms. The highest BCUT2D eigenvalue weighted by Crippen LogP contribution is 2.20. The Kier molecular flexibility index (Phi) is 3.29. The second-order valence-electron chi connectivity index (χ2n) is 3.65. The zero-order valence-corrected chi connectivity index (χ0v) is 9.38. The number of H-pyrrole nitrogens is 1. The lowest BCUT2D eigenvalue weighted by Crippen LogP contribution is -2.17. The van der Waals surface area contributed by atoms with Crippen LogP contribution in [-0.4, -0.2) is 40.0 Å². The number of fused-ring (bicyclic) bond motifs is 1. The minimum absolute atomic E-state index is 0.115. The van der Waals surface area contributed by atoms with Gasteiger partial charge in [0.25, 0.3) is 0 Å². The molecule has 2 aromatic heterocycles. The number of pyridine rings is 1. The minimum Gasteiger partial charge on any atom is -0.469 e. The summed E-state index contributed by atoms with van der Waals surface area (Å²) in [5, 5.41) is 10.3. The van der Waals surface area contributed by atoms with E-state index in [0.29, 0.717) is 17.7 Å². The molecule has 0 aliphatic heterocycles. The van der Waals surface area contributed by atoms with Crippen molar-refractivity contribution in [1.29, 1.82) is 0 Å². The van der Waals surface area contributed by atoms with Crippen LogP contribution in [0.2, 0.25) is 0 Å². The fourth-order valence-electron chi connectivity index (χ4n) is 1.60. The van der Waals surface area contributed by atoms with Crippen molar-refractivity contribution in [2.75, 3.05) is 13.7 Å². The standard InChI is InChI=1S/C10H13N5O2/c1-17-9(16)3-6(4-11)7-2-8-10(12-5-7)14-15-13-8/h2,5-6H,3-4,11H2,1H3,(H,12,13,14,15). The molecule has 3 N–H and O–H groups in total. The van der Waals surface area contributed by atoms with Crippen molar-refractivity contribution >= 4 is 17.1 Å². The Morgan fingerprint density at radius 2 is 2.41 bits per heavy atom. The van der Waals surface area contributed by atoms with Gasteiger partial charge >= 0.3 is 5.97 Å². The first-order valence-corrected chi connectivity index (χ1v) is 5.18. The van der Waals surface area contributed by atoms with E-state index in [4.69, 9.17) is 5.73 Å². The predicted octanol–water partition coefficient (Wildman–Crippen LogP) is -0.0417. The number of rotatable bonds is 4. The molecule has 7 nitrogen and oxygen atoms in total. The zero-order valence-electron chi connectivity index (χ0n) is 9.38. The molecule has 1 atom stereocenters. The monoisotopic (exact) mass is 235 g/mol. The minimum atomic E-state index is -0.291. The zero-order chi connectivity index (χ0) is 12.3. The topological polar surface area (TPSA) is 107 Å². The molecular formula is C10H13N5O2. The van der Waals surface area contributed by atoms with Crippen LogP contribution in [0.3, 0.4) is 0 Å². The first kappa shape index (κ1) is 11.5. The fourth-order valence-corrected chi connectivity index (χ4v) is 1.60. The Balaban J connectivity index is 2.26. The van der Waals surface area contributed by atoms with Crippen molar-refractivity contribution in [3.8, 4) is 0 Å². The molecule has 0 aromatic carbocycles. The summed E-state index contributed by atoms with van der Waals surface area (Å²) in [6.07, 6.45) is 1.89. The van der Waals surface area contributed by atoms with Crippen molar-refractivity contribution in [1.82, 2.24) is 20.4 Å². The number of aromatic amines is 1. The van der Waals surface area contributed by atoms with Crippen LogP contribution in [0.4, 0.5) is 0 Å². The van der Waals surface area contributed by atoms with E-state index in [-0.39, 0.29) is 18.3 Å². The van der Waals surface area contributed by atoms with Crippen LogP contribution in [0.25, 0.3) is 11.2 Å². The first-order chi connectivity index (χ1) is 8.24. The summed E-state index contributed by atoms with van der Waals surface area (Å²) in [7, 11) is 1.36. The normalized spacial score (nSPS) is 12.6. The van der Waals surface area contributed by atoms with E-state index >= 15 is 0 Å². The van der Waals surface area contributed by atoms with Gasteiger partial charge in [-0.3, -0.25) is 4.79 Å². The van der Waals surface area contributed by atoms with Gasteiger partial charge in [0.15, 0.2) is 0 Å². The number of aromatic nitrogens is 4. The Bertz CT molecular complexity index is 524. The third-order valence-electron chi connectivity index (χ3n) is 2.59. The van der Waals surface area contributed by atoms with Gasteiger partial charge in [0, 0.05) is 12.1 Å². The lowest BCUT2D eigenvalue weighted by molar-refractivity contribution is -0.141. The SMILES string of the molecule is COC(=O)CC(CN)c1cnc2n[nH]nc2c1. The van der Waals surface area contributed by atoms with E-state index in [9.17, 15) is 4.79 Å². The highest BCUT2D eigenvalue weighted by Gasteiger charge is 2.16. The van der Waals surface area contributed by atoms with Crippen LogP contribution in [0, 0.1) is 0 Å². The summed E-state index contributed by atoms with van der Waals surface area (Å²) in [6.45, 7) is 0.347. The van der Waals surface area contributed by atoms with E-state index in [1.54, 1.807) is 6.20 Å². The van der Waals surface area contributed by atoms with Crippen molar-refractivity contribution in [2.24, 2.45) is 5.73 Å². The third kappa shape index (κ3) is 2.39. The van der Waals surface area contributed by atoms with E-state index in [1.807, 2.05) is 6.07 Å². The van der Waals surface area contributed by atoms with Gasteiger partial charge in [0.05, 0.1) is 13.5 Å². The third-order valence-corrected chi connectivity index (χ3v) is 2.59. The van der Waals surface area contributed by atoms with Gasteiger partial charge in [-0.15, -0.1) is 5.10 Å². The molecule has 2 aromatic rings. The molecule has 1 unspecified atom stereocenters.